The van der Waals surface area contributed by atoms with Crippen molar-refractivity contribution in [2.24, 2.45) is 0 Å². The summed E-state index contributed by atoms with van der Waals surface area (Å²) in [5, 5.41) is 0. The monoisotopic (exact) mass is 510 g/mol. The van der Waals surface area contributed by atoms with Crippen molar-refractivity contribution < 1.29 is 13.9 Å². The van der Waals surface area contributed by atoms with Gasteiger partial charge in [0, 0.05) is 11.8 Å². The van der Waals surface area contributed by atoms with Gasteiger partial charge in [0.05, 0.1) is 0 Å². The average molecular weight is 511 g/mol. The number of esters is 1. The summed E-state index contributed by atoms with van der Waals surface area (Å²) in [7, 11) is 0. The Bertz CT molecular complexity index is 1020. The average Bonchev–Trinajstić information content (AvgIpc) is 2.79. The van der Waals surface area contributed by atoms with Crippen LogP contribution in [0.3, 0.4) is 0 Å². The minimum Gasteiger partial charge on any atom is -0.427 e. The molecule has 0 heterocycles. The molecule has 0 saturated heterocycles. The van der Waals surface area contributed by atoms with Gasteiger partial charge in [-0.1, -0.05) is 89.6 Å². The van der Waals surface area contributed by atoms with Crippen LogP contribution in [0.4, 0.5) is 4.39 Å². The van der Waals surface area contributed by atoms with E-state index in [1.807, 2.05) is 42.5 Å². The number of benzene rings is 3. The Morgan fingerprint density at radius 3 is 2.00 bits per heavy atom. The highest BCUT2D eigenvalue weighted by Gasteiger charge is 2.23. The number of hydrogen-bond acceptors (Lipinski definition) is 2. The summed E-state index contributed by atoms with van der Waals surface area (Å²) in [5.41, 5.74) is 3.00. The summed E-state index contributed by atoms with van der Waals surface area (Å²) in [6.45, 7) is 6.82. The van der Waals surface area contributed by atoms with Crippen molar-refractivity contribution in [1.82, 2.24) is 0 Å². The molecule has 0 amide bonds. The van der Waals surface area contributed by atoms with Gasteiger partial charge in [-0.3, -0.25) is 4.79 Å². The maximum Gasteiger partial charge on any atom is 0.308 e. The lowest BCUT2D eigenvalue weighted by atomic mass is 9.82. The number of carbonyl (C=O) groups excluding carboxylic acids is 1. The van der Waals surface area contributed by atoms with E-state index in [4.69, 9.17) is 4.74 Å². The number of ether oxygens (including phenoxy) is 1. The third-order valence-corrected chi connectivity index (χ3v) is 6.97. The number of alkyl halides is 2. The highest BCUT2D eigenvalue weighted by atomic mass is 79.9. The Balaban J connectivity index is 1.82. The van der Waals surface area contributed by atoms with Crippen molar-refractivity contribution in [2.75, 3.05) is 0 Å². The highest BCUT2D eigenvalue weighted by molar-refractivity contribution is 9.09. The number of rotatable bonds is 9. The van der Waals surface area contributed by atoms with Gasteiger partial charge < -0.3 is 4.74 Å². The van der Waals surface area contributed by atoms with Crippen LogP contribution in [0.2, 0.25) is 0 Å². The lowest BCUT2D eigenvalue weighted by Crippen LogP contribution is -2.10. The van der Waals surface area contributed by atoms with Gasteiger partial charge in [0.1, 0.15) is 11.4 Å². The molecule has 33 heavy (non-hydrogen) atoms. The van der Waals surface area contributed by atoms with E-state index in [2.05, 4.69) is 59.3 Å². The lowest BCUT2D eigenvalue weighted by Gasteiger charge is -2.25. The van der Waals surface area contributed by atoms with Crippen molar-refractivity contribution >= 4 is 21.9 Å². The number of carbonyl (C=O) groups is 1. The number of halogens is 2. The summed E-state index contributed by atoms with van der Waals surface area (Å²) in [4.78, 5) is 11.4. The van der Waals surface area contributed by atoms with Crippen molar-refractivity contribution in [3.05, 3.63) is 101 Å². The molecule has 3 atom stereocenters. The lowest BCUT2D eigenvalue weighted by molar-refractivity contribution is -0.131. The molecule has 0 aromatic heterocycles. The predicted octanol–water partition coefficient (Wildman–Crippen LogP) is 8.62. The van der Waals surface area contributed by atoms with E-state index in [1.54, 1.807) is 13.8 Å². The molecule has 3 aromatic rings. The van der Waals surface area contributed by atoms with Gasteiger partial charge in [0.2, 0.25) is 0 Å². The molecule has 3 aromatic carbocycles. The van der Waals surface area contributed by atoms with E-state index in [9.17, 15) is 9.18 Å². The van der Waals surface area contributed by atoms with Gasteiger partial charge in [-0.25, -0.2) is 4.39 Å². The first kappa shape index (κ1) is 25.2. The third-order valence-electron chi connectivity index (χ3n) is 6.07. The zero-order valence-electron chi connectivity index (χ0n) is 19.7. The van der Waals surface area contributed by atoms with E-state index in [0.29, 0.717) is 17.2 Å². The van der Waals surface area contributed by atoms with Crippen LogP contribution in [0.1, 0.15) is 79.5 Å². The van der Waals surface area contributed by atoms with Gasteiger partial charge in [-0.2, -0.15) is 0 Å². The second kappa shape index (κ2) is 11.1. The second-order valence-electron chi connectivity index (χ2n) is 9.20. The molecule has 0 spiro atoms. The molecule has 4 heteroatoms. The molecule has 0 aliphatic rings. The molecular weight excluding hydrogens is 479 g/mol. The topological polar surface area (TPSA) is 26.3 Å². The van der Waals surface area contributed by atoms with Gasteiger partial charge >= 0.3 is 5.97 Å². The molecule has 3 rings (SSSR count). The summed E-state index contributed by atoms with van der Waals surface area (Å²) in [6.07, 6.45) is 1.87. The van der Waals surface area contributed by atoms with Crippen LogP contribution >= 0.6 is 15.9 Å². The zero-order valence-corrected chi connectivity index (χ0v) is 21.3. The first-order valence-electron chi connectivity index (χ1n) is 11.4. The summed E-state index contributed by atoms with van der Waals surface area (Å²) >= 11 is 3.89. The predicted molar refractivity (Wildman–Crippen MR) is 137 cm³/mol. The maximum atomic E-state index is 14.3. The SMILES string of the molecule is CC(=O)Oc1ccc(C(CC(C)c2ccccc2)CC(Br)c2ccc(C(C)(C)F)cc2)cc1. The highest BCUT2D eigenvalue weighted by Crippen LogP contribution is 2.40. The summed E-state index contributed by atoms with van der Waals surface area (Å²) in [5.74, 6) is 0.908. The zero-order chi connectivity index (χ0) is 24.0. The van der Waals surface area contributed by atoms with E-state index in [0.717, 1.165) is 18.4 Å². The largest absolute Gasteiger partial charge is 0.427 e. The minimum atomic E-state index is -1.35. The van der Waals surface area contributed by atoms with Gasteiger partial charge in [-0.05, 0) is 72.9 Å². The van der Waals surface area contributed by atoms with Crippen LogP contribution in [0.25, 0.3) is 0 Å². The van der Waals surface area contributed by atoms with Crippen molar-refractivity contribution in [1.29, 1.82) is 0 Å². The van der Waals surface area contributed by atoms with Crippen LogP contribution in [0.5, 0.6) is 5.75 Å². The van der Waals surface area contributed by atoms with E-state index >= 15 is 0 Å². The van der Waals surface area contributed by atoms with Gasteiger partial charge in [-0.15, -0.1) is 0 Å². The van der Waals surface area contributed by atoms with Crippen molar-refractivity contribution in [2.45, 2.75) is 62.9 Å². The normalized spacial score (nSPS) is 14.4. The Hall–Kier alpha value is -2.46. The maximum absolute atomic E-state index is 14.3. The molecule has 3 unspecified atom stereocenters. The van der Waals surface area contributed by atoms with Crippen LogP contribution in [0, 0.1) is 0 Å². The molecule has 174 valence electrons. The van der Waals surface area contributed by atoms with Gasteiger partial charge in [0.25, 0.3) is 0 Å². The molecular formula is C29H32BrFO2. The van der Waals surface area contributed by atoms with Crippen molar-refractivity contribution in [3.8, 4) is 5.75 Å². The standard InChI is InChI=1S/C29H32BrFO2/c1-20(22-8-6-5-7-9-22)18-25(23-12-16-27(17-13-23)33-21(2)32)19-28(30)24-10-14-26(15-11-24)29(3,4)31/h5-17,20,25,28H,18-19H2,1-4H3. The fraction of sp³-hybridized carbons (Fsp3) is 0.345. The number of hydrogen-bond donors (Lipinski definition) is 0. The fourth-order valence-electron chi connectivity index (χ4n) is 4.16. The Labute approximate surface area is 205 Å². The first-order valence-corrected chi connectivity index (χ1v) is 12.3. The Morgan fingerprint density at radius 1 is 0.879 bits per heavy atom. The quantitative estimate of drug-likeness (QED) is 0.163. The Morgan fingerprint density at radius 2 is 1.45 bits per heavy atom. The van der Waals surface area contributed by atoms with E-state index in [1.165, 1.54) is 18.1 Å². The molecule has 0 bridgehead atoms. The van der Waals surface area contributed by atoms with Crippen LogP contribution in [-0.2, 0) is 10.5 Å². The van der Waals surface area contributed by atoms with Crippen LogP contribution in [-0.4, -0.2) is 5.97 Å². The van der Waals surface area contributed by atoms with Crippen LogP contribution in [0.15, 0.2) is 78.9 Å². The molecule has 0 aliphatic carbocycles. The summed E-state index contributed by atoms with van der Waals surface area (Å²) < 4.78 is 19.5. The van der Waals surface area contributed by atoms with E-state index < -0.39 is 5.67 Å². The summed E-state index contributed by atoms with van der Waals surface area (Å²) in [6, 6.07) is 26.1. The fourth-order valence-corrected chi connectivity index (χ4v) is 4.92. The third kappa shape index (κ3) is 7.26. The first-order chi connectivity index (χ1) is 15.6. The molecule has 0 aliphatic heterocycles. The smallest absolute Gasteiger partial charge is 0.308 e. The molecule has 0 radical (unpaired) electrons. The molecule has 0 N–H and O–H groups in total. The van der Waals surface area contributed by atoms with E-state index in [-0.39, 0.29) is 16.7 Å². The minimum absolute atomic E-state index is 0.135. The van der Waals surface area contributed by atoms with Crippen molar-refractivity contribution in [3.63, 3.8) is 0 Å². The Kier molecular flexibility index (Phi) is 8.47. The molecule has 2 nitrogen and oxygen atoms in total. The molecule has 0 saturated carbocycles. The molecule has 0 fully saturated rings. The van der Waals surface area contributed by atoms with Crippen LogP contribution < -0.4 is 4.74 Å². The second-order valence-corrected chi connectivity index (χ2v) is 10.3. The van der Waals surface area contributed by atoms with Gasteiger partial charge in [0.15, 0.2) is 0 Å².